The van der Waals surface area contributed by atoms with Crippen molar-refractivity contribution in [2.45, 2.75) is 17.2 Å². The second-order valence-electron chi connectivity index (χ2n) is 3.92. The van der Waals surface area contributed by atoms with E-state index in [-0.39, 0.29) is 16.2 Å². The van der Waals surface area contributed by atoms with E-state index in [1.54, 1.807) is 13.0 Å². The molecule has 1 unspecified atom stereocenters. The van der Waals surface area contributed by atoms with Crippen molar-refractivity contribution >= 4 is 37.0 Å². The van der Waals surface area contributed by atoms with Gasteiger partial charge in [-0.25, -0.2) is 8.42 Å². The number of aromatic nitrogens is 2. The van der Waals surface area contributed by atoms with Gasteiger partial charge >= 0.3 is 0 Å². The fourth-order valence-corrected chi connectivity index (χ4v) is 3.57. The first-order chi connectivity index (χ1) is 9.38. The van der Waals surface area contributed by atoms with Crippen molar-refractivity contribution in [3.63, 3.8) is 0 Å². The van der Waals surface area contributed by atoms with Crippen LogP contribution in [0, 0.1) is 0 Å². The summed E-state index contributed by atoms with van der Waals surface area (Å²) in [6.45, 7) is 1.75. The highest BCUT2D eigenvalue weighted by molar-refractivity contribution is 8.15. The van der Waals surface area contributed by atoms with Crippen LogP contribution in [0.15, 0.2) is 34.8 Å². The standard InChI is InChI=1S/C11H10ClN3O3S2/c1-7(9-2-3-10(19-9)20(12,17)18)15-11(16)8-4-5-13-14-6-8/h2-7H,1H3,(H,15,16). The average molecular weight is 332 g/mol. The van der Waals surface area contributed by atoms with Gasteiger partial charge in [-0.05, 0) is 25.1 Å². The van der Waals surface area contributed by atoms with Crippen LogP contribution in [0.25, 0.3) is 0 Å². The summed E-state index contributed by atoms with van der Waals surface area (Å²) in [6.07, 6.45) is 2.77. The zero-order valence-electron chi connectivity index (χ0n) is 10.3. The Bertz CT molecular complexity index is 716. The molecule has 2 aromatic rings. The Balaban J connectivity index is 2.11. The highest BCUT2D eigenvalue weighted by Crippen LogP contribution is 2.28. The van der Waals surface area contributed by atoms with Crippen LogP contribution >= 0.6 is 22.0 Å². The van der Waals surface area contributed by atoms with Crippen molar-refractivity contribution in [1.29, 1.82) is 0 Å². The van der Waals surface area contributed by atoms with Gasteiger partial charge in [-0.15, -0.1) is 11.3 Å². The quantitative estimate of drug-likeness (QED) is 0.865. The molecule has 1 N–H and O–H groups in total. The Morgan fingerprint density at radius 2 is 2.10 bits per heavy atom. The summed E-state index contributed by atoms with van der Waals surface area (Å²) in [6, 6.07) is 4.24. The first-order valence-corrected chi connectivity index (χ1v) is 8.62. The number of hydrogen-bond acceptors (Lipinski definition) is 6. The number of amides is 1. The van der Waals surface area contributed by atoms with E-state index in [4.69, 9.17) is 10.7 Å². The fourth-order valence-electron chi connectivity index (χ4n) is 1.47. The van der Waals surface area contributed by atoms with Crippen LogP contribution in [-0.2, 0) is 9.05 Å². The summed E-state index contributed by atoms with van der Waals surface area (Å²) >= 11 is 1.02. The maximum atomic E-state index is 11.9. The zero-order chi connectivity index (χ0) is 14.8. The third-order valence-electron chi connectivity index (χ3n) is 2.46. The molecule has 1 amide bonds. The molecule has 2 rings (SSSR count). The molecule has 0 aromatic carbocycles. The monoisotopic (exact) mass is 331 g/mol. The average Bonchev–Trinajstić information content (AvgIpc) is 2.89. The predicted octanol–water partition coefficient (Wildman–Crippen LogP) is 1.96. The van der Waals surface area contributed by atoms with E-state index < -0.39 is 9.05 Å². The number of carbonyl (C=O) groups excluding carboxylic acids is 1. The Morgan fingerprint density at radius 1 is 1.35 bits per heavy atom. The second-order valence-corrected chi connectivity index (χ2v) is 7.83. The Labute approximate surface area is 124 Å². The summed E-state index contributed by atoms with van der Waals surface area (Å²) in [5, 5.41) is 9.95. The number of nitrogens with one attached hydrogen (secondary N) is 1. The number of thiophene rings is 1. The van der Waals surface area contributed by atoms with Gasteiger partial charge in [0, 0.05) is 15.6 Å². The number of carbonyl (C=O) groups is 1. The molecule has 9 heteroatoms. The van der Waals surface area contributed by atoms with E-state index in [0.717, 1.165) is 11.3 Å². The van der Waals surface area contributed by atoms with E-state index in [1.807, 2.05) is 0 Å². The van der Waals surface area contributed by atoms with Crippen LogP contribution in [-0.4, -0.2) is 24.5 Å². The highest BCUT2D eigenvalue weighted by atomic mass is 35.7. The minimum atomic E-state index is -3.74. The van der Waals surface area contributed by atoms with Crippen molar-refractivity contribution in [2.24, 2.45) is 0 Å². The molecular formula is C11H10ClN3O3S2. The largest absolute Gasteiger partial charge is 0.345 e. The first-order valence-electron chi connectivity index (χ1n) is 5.50. The van der Waals surface area contributed by atoms with Gasteiger partial charge in [0.05, 0.1) is 24.0 Å². The van der Waals surface area contributed by atoms with E-state index in [1.165, 1.54) is 24.5 Å². The Hall–Kier alpha value is -1.51. The molecule has 0 saturated heterocycles. The van der Waals surface area contributed by atoms with Gasteiger partial charge in [-0.1, -0.05) is 0 Å². The molecule has 0 saturated carbocycles. The van der Waals surface area contributed by atoms with Gasteiger partial charge in [0.25, 0.3) is 15.0 Å². The summed E-state index contributed by atoms with van der Waals surface area (Å²) in [7, 11) is 1.52. The minimum Gasteiger partial charge on any atom is -0.345 e. The smallest absolute Gasteiger partial charge is 0.270 e. The lowest BCUT2D eigenvalue weighted by Gasteiger charge is -2.11. The van der Waals surface area contributed by atoms with Gasteiger partial charge in [0.1, 0.15) is 4.21 Å². The number of nitrogens with zero attached hydrogens (tertiary/aromatic N) is 2. The molecule has 0 bridgehead atoms. The van der Waals surface area contributed by atoms with E-state index in [9.17, 15) is 13.2 Å². The molecule has 20 heavy (non-hydrogen) atoms. The molecule has 106 valence electrons. The van der Waals surface area contributed by atoms with Crippen molar-refractivity contribution in [1.82, 2.24) is 15.5 Å². The van der Waals surface area contributed by atoms with Crippen molar-refractivity contribution in [2.75, 3.05) is 0 Å². The molecule has 2 heterocycles. The predicted molar refractivity (Wildman–Crippen MR) is 75.3 cm³/mol. The fraction of sp³-hybridized carbons (Fsp3) is 0.182. The number of hydrogen-bond donors (Lipinski definition) is 1. The van der Waals surface area contributed by atoms with E-state index in [0.29, 0.717) is 10.4 Å². The topological polar surface area (TPSA) is 89.0 Å². The number of halogens is 1. The third-order valence-corrected chi connectivity index (χ3v) is 5.82. The summed E-state index contributed by atoms with van der Waals surface area (Å²) in [5.74, 6) is -0.309. The van der Waals surface area contributed by atoms with Crippen LogP contribution in [0.5, 0.6) is 0 Å². The molecule has 0 aliphatic carbocycles. The maximum Gasteiger partial charge on any atom is 0.270 e. The molecule has 0 spiro atoms. The van der Waals surface area contributed by atoms with Crippen molar-refractivity contribution in [3.05, 3.63) is 41.0 Å². The van der Waals surface area contributed by atoms with Crippen LogP contribution in [0.1, 0.15) is 28.2 Å². The van der Waals surface area contributed by atoms with Crippen LogP contribution in [0.4, 0.5) is 0 Å². The molecule has 0 fully saturated rings. The normalized spacial score (nSPS) is 12.9. The molecule has 0 aliphatic heterocycles. The third kappa shape index (κ3) is 3.53. The lowest BCUT2D eigenvalue weighted by Crippen LogP contribution is -2.26. The molecule has 1 atom stereocenters. The minimum absolute atomic E-state index is 0.0563. The molecule has 0 radical (unpaired) electrons. The SMILES string of the molecule is CC(NC(=O)c1ccnnc1)c1ccc(S(=O)(=O)Cl)s1. The second kappa shape index (κ2) is 5.86. The van der Waals surface area contributed by atoms with E-state index >= 15 is 0 Å². The van der Waals surface area contributed by atoms with Crippen LogP contribution in [0.2, 0.25) is 0 Å². The summed E-state index contributed by atoms with van der Waals surface area (Å²) in [5.41, 5.74) is 0.383. The van der Waals surface area contributed by atoms with Gasteiger partial charge in [-0.2, -0.15) is 10.2 Å². The molecule has 0 aliphatic rings. The Kier molecular flexibility index (Phi) is 4.36. The zero-order valence-corrected chi connectivity index (χ0v) is 12.7. The lowest BCUT2D eigenvalue weighted by molar-refractivity contribution is 0.0940. The molecule has 2 aromatic heterocycles. The van der Waals surface area contributed by atoms with Gasteiger partial charge in [0.2, 0.25) is 0 Å². The Morgan fingerprint density at radius 3 is 2.65 bits per heavy atom. The van der Waals surface area contributed by atoms with Gasteiger partial charge < -0.3 is 5.32 Å². The lowest BCUT2D eigenvalue weighted by atomic mass is 10.2. The van der Waals surface area contributed by atoms with E-state index in [2.05, 4.69) is 15.5 Å². The summed E-state index contributed by atoms with van der Waals surface area (Å²) < 4.78 is 22.4. The van der Waals surface area contributed by atoms with Gasteiger partial charge in [-0.3, -0.25) is 4.79 Å². The van der Waals surface area contributed by atoms with Crippen LogP contribution in [0.3, 0.4) is 0 Å². The van der Waals surface area contributed by atoms with Crippen molar-refractivity contribution in [3.8, 4) is 0 Å². The highest BCUT2D eigenvalue weighted by Gasteiger charge is 2.18. The first kappa shape index (κ1) is 14.9. The maximum absolute atomic E-state index is 11.9. The number of rotatable bonds is 4. The summed E-state index contributed by atoms with van der Waals surface area (Å²) in [4.78, 5) is 12.6. The van der Waals surface area contributed by atoms with Crippen LogP contribution < -0.4 is 5.32 Å². The molecule has 6 nitrogen and oxygen atoms in total. The van der Waals surface area contributed by atoms with Gasteiger partial charge in [0.15, 0.2) is 0 Å². The van der Waals surface area contributed by atoms with Crippen molar-refractivity contribution < 1.29 is 13.2 Å². The molecular weight excluding hydrogens is 322 g/mol.